The van der Waals surface area contributed by atoms with Crippen LogP contribution in [0.4, 0.5) is 5.82 Å². The van der Waals surface area contributed by atoms with Crippen LogP contribution in [0.3, 0.4) is 0 Å². The Morgan fingerprint density at radius 1 is 1.14 bits per heavy atom. The Kier molecular flexibility index (Phi) is 2.95. The molecule has 0 spiro atoms. The van der Waals surface area contributed by atoms with Crippen LogP contribution < -0.4 is 4.90 Å². The molecular formula is C17H17ClN2O2. The van der Waals surface area contributed by atoms with Gasteiger partial charge in [0.05, 0.1) is 16.9 Å². The van der Waals surface area contributed by atoms with Crippen LogP contribution in [0, 0.1) is 23.7 Å². The van der Waals surface area contributed by atoms with E-state index in [1.807, 2.05) is 0 Å². The number of carbonyl (C=O) groups is 2. The quantitative estimate of drug-likeness (QED) is 0.590. The number of imide groups is 1. The number of nitrogens with zero attached hydrogens (tertiary/aromatic N) is 2. The number of rotatable bonds is 1. The molecule has 4 nitrogen and oxygen atoms in total. The second-order valence-corrected chi connectivity index (χ2v) is 7.08. The first-order chi connectivity index (χ1) is 10.5. The summed E-state index contributed by atoms with van der Waals surface area (Å²) >= 11 is 5.84. The SMILES string of the molecule is CC(C)=C1[C@@H]2CC[C@@H]1[C@H]1C(=O)N(c3ccc(Cl)cn3)C(=O)[C@@H]12. The van der Waals surface area contributed by atoms with Crippen molar-refractivity contribution in [2.24, 2.45) is 23.7 Å². The first kappa shape index (κ1) is 13.9. The van der Waals surface area contributed by atoms with Crippen molar-refractivity contribution >= 4 is 29.2 Å². The maximum Gasteiger partial charge on any atom is 0.239 e. The van der Waals surface area contributed by atoms with Gasteiger partial charge in [0, 0.05) is 6.20 Å². The van der Waals surface area contributed by atoms with Crippen molar-refractivity contribution in [2.45, 2.75) is 26.7 Å². The number of hydrogen-bond acceptors (Lipinski definition) is 3. The molecule has 0 radical (unpaired) electrons. The van der Waals surface area contributed by atoms with Crippen LogP contribution >= 0.6 is 11.6 Å². The molecule has 0 unspecified atom stereocenters. The van der Waals surface area contributed by atoms with E-state index < -0.39 is 0 Å². The fourth-order valence-electron chi connectivity index (χ4n) is 4.72. The Labute approximate surface area is 134 Å². The van der Waals surface area contributed by atoms with Crippen molar-refractivity contribution in [1.82, 2.24) is 4.98 Å². The molecule has 3 aliphatic rings. The van der Waals surface area contributed by atoms with E-state index in [1.165, 1.54) is 22.2 Å². The normalized spacial score (nSPS) is 32.9. The van der Waals surface area contributed by atoms with E-state index in [2.05, 4.69) is 18.8 Å². The molecule has 4 rings (SSSR count). The minimum absolute atomic E-state index is 0.0872. The van der Waals surface area contributed by atoms with Crippen molar-refractivity contribution in [2.75, 3.05) is 4.90 Å². The largest absolute Gasteiger partial charge is 0.274 e. The summed E-state index contributed by atoms with van der Waals surface area (Å²) in [7, 11) is 0. The molecule has 1 saturated heterocycles. The lowest BCUT2D eigenvalue weighted by Gasteiger charge is -2.18. The smallest absolute Gasteiger partial charge is 0.239 e. The zero-order chi connectivity index (χ0) is 15.6. The summed E-state index contributed by atoms with van der Waals surface area (Å²) in [5.74, 6) is 0.336. The summed E-state index contributed by atoms with van der Waals surface area (Å²) in [5.41, 5.74) is 2.64. The molecule has 1 aliphatic heterocycles. The van der Waals surface area contributed by atoms with E-state index in [0.29, 0.717) is 10.8 Å². The van der Waals surface area contributed by atoms with Crippen LogP contribution in [0.2, 0.25) is 5.02 Å². The molecule has 2 bridgehead atoms. The number of anilines is 1. The van der Waals surface area contributed by atoms with Gasteiger partial charge in [0.1, 0.15) is 5.82 Å². The van der Waals surface area contributed by atoms with Crippen LogP contribution in [0.25, 0.3) is 0 Å². The summed E-state index contributed by atoms with van der Waals surface area (Å²) < 4.78 is 0. The third-order valence-corrected chi connectivity index (χ3v) is 5.59. The highest BCUT2D eigenvalue weighted by molar-refractivity contribution is 6.30. The third-order valence-electron chi connectivity index (χ3n) is 5.37. The first-order valence-electron chi connectivity index (χ1n) is 7.67. The van der Waals surface area contributed by atoms with Gasteiger partial charge in [-0.05, 0) is 50.7 Å². The minimum atomic E-state index is -0.186. The fourth-order valence-corrected chi connectivity index (χ4v) is 4.83. The minimum Gasteiger partial charge on any atom is -0.274 e. The second kappa shape index (κ2) is 4.66. The Morgan fingerprint density at radius 3 is 2.18 bits per heavy atom. The van der Waals surface area contributed by atoms with Gasteiger partial charge < -0.3 is 0 Å². The van der Waals surface area contributed by atoms with Crippen LogP contribution in [0.15, 0.2) is 29.5 Å². The molecule has 2 amide bonds. The van der Waals surface area contributed by atoms with E-state index in [1.54, 1.807) is 12.1 Å². The predicted molar refractivity (Wildman–Crippen MR) is 83.3 cm³/mol. The van der Waals surface area contributed by atoms with Gasteiger partial charge in [0.2, 0.25) is 11.8 Å². The summed E-state index contributed by atoms with van der Waals surface area (Å²) in [4.78, 5) is 31.1. The van der Waals surface area contributed by atoms with Gasteiger partial charge in [0.25, 0.3) is 0 Å². The summed E-state index contributed by atoms with van der Waals surface area (Å²) in [6, 6.07) is 3.30. The lowest BCUT2D eigenvalue weighted by molar-refractivity contribution is -0.123. The molecular weight excluding hydrogens is 300 g/mol. The molecule has 5 heteroatoms. The lowest BCUT2D eigenvalue weighted by atomic mass is 9.81. The van der Waals surface area contributed by atoms with Crippen molar-refractivity contribution in [1.29, 1.82) is 0 Å². The summed E-state index contributed by atoms with van der Waals surface area (Å²) in [6.07, 6.45) is 3.52. The van der Waals surface area contributed by atoms with Crippen molar-refractivity contribution < 1.29 is 9.59 Å². The average Bonchev–Trinajstić information content (AvgIpc) is 3.11. The Morgan fingerprint density at radius 2 is 1.73 bits per heavy atom. The van der Waals surface area contributed by atoms with E-state index in [4.69, 9.17) is 11.6 Å². The Bertz CT molecular complexity index is 674. The molecule has 3 fully saturated rings. The zero-order valence-corrected chi connectivity index (χ0v) is 13.3. The zero-order valence-electron chi connectivity index (χ0n) is 12.5. The van der Waals surface area contributed by atoms with Gasteiger partial charge in [-0.2, -0.15) is 0 Å². The third kappa shape index (κ3) is 1.67. The summed E-state index contributed by atoms with van der Waals surface area (Å²) in [6.45, 7) is 4.18. The Hall–Kier alpha value is -1.68. The second-order valence-electron chi connectivity index (χ2n) is 6.64. The van der Waals surface area contributed by atoms with Gasteiger partial charge in [-0.15, -0.1) is 0 Å². The maximum atomic E-state index is 12.9. The Balaban J connectivity index is 1.75. The van der Waals surface area contributed by atoms with Gasteiger partial charge in [0.15, 0.2) is 0 Å². The fraction of sp³-hybridized carbons (Fsp3) is 0.471. The van der Waals surface area contributed by atoms with Gasteiger partial charge in [-0.25, -0.2) is 9.88 Å². The lowest BCUT2D eigenvalue weighted by Crippen LogP contribution is -2.33. The predicted octanol–water partition coefficient (Wildman–Crippen LogP) is 3.22. The van der Waals surface area contributed by atoms with Crippen LogP contribution in [-0.2, 0) is 9.59 Å². The standard InChI is InChI=1S/C17H17ClN2O2/c1-8(2)13-10-4-5-11(13)15-14(10)16(21)20(17(15)22)12-6-3-9(18)7-19-12/h3,6-7,10-11,14-15H,4-5H2,1-2H3/t10-,11-,14+,15+/m0/s1. The molecule has 2 heterocycles. The number of pyridine rings is 1. The molecule has 1 aromatic rings. The molecule has 4 atom stereocenters. The van der Waals surface area contributed by atoms with E-state index in [-0.39, 0.29) is 35.5 Å². The van der Waals surface area contributed by atoms with Gasteiger partial charge >= 0.3 is 0 Å². The van der Waals surface area contributed by atoms with Gasteiger partial charge in [-0.1, -0.05) is 22.7 Å². The number of fused-ring (bicyclic) bond motifs is 5. The topological polar surface area (TPSA) is 50.3 Å². The molecule has 2 aliphatic carbocycles. The molecule has 0 N–H and O–H groups in total. The van der Waals surface area contributed by atoms with E-state index in [9.17, 15) is 9.59 Å². The average molecular weight is 317 g/mol. The highest BCUT2D eigenvalue weighted by atomic mass is 35.5. The number of hydrogen-bond donors (Lipinski definition) is 0. The molecule has 2 saturated carbocycles. The monoisotopic (exact) mass is 316 g/mol. The molecule has 114 valence electrons. The van der Waals surface area contributed by atoms with Crippen molar-refractivity contribution in [3.05, 3.63) is 34.5 Å². The van der Waals surface area contributed by atoms with E-state index >= 15 is 0 Å². The number of carbonyl (C=O) groups excluding carboxylic acids is 2. The number of amides is 2. The van der Waals surface area contributed by atoms with E-state index in [0.717, 1.165) is 12.8 Å². The molecule has 0 aromatic carbocycles. The number of halogens is 1. The number of allylic oxidation sites excluding steroid dienone is 2. The highest BCUT2D eigenvalue weighted by Crippen LogP contribution is 2.60. The van der Waals surface area contributed by atoms with Crippen LogP contribution in [0.5, 0.6) is 0 Å². The van der Waals surface area contributed by atoms with Crippen molar-refractivity contribution in [3.63, 3.8) is 0 Å². The highest BCUT2D eigenvalue weighted by Gasteiger charge is 2.63. The molecule has 1 aromatic heterocycles. The van der Waals surface area contributed by atoms with Crippen LogP contribution in [0.1, 0.15) is 26.7 Å². The summed E-state index contributed by atoms with van der Waals surface area (Å²) in [5, 5.41) is 0.495. The molecule has 22 heavy (non-hydrogen) atoms. The van der Waals surface area contributed by atoms with Gasteiger partial charge in [-0.3, -0.25) is 9.59 Å². The number of aromatic nitrogens is 1. The van der Waals surface area contributed by atoms with Crippen molar-refractivity contribution in [3.8, 4) is 0 Å². The maximum absolute atomic E-state index is 12.9. The van der Waals surface area contributed by atoms with Crippen LogP contribution in [-0.4, -0.2) is 16.8 Å². The first-order valence-corrected chi connectivity index (χ1v) is 8.05.